The first-order valence-corrected chi connectivity index (χ1v) is 14.9. The summed E-state index contributed by atoms with van der Waals surface area (Å²) in [6.45, 7) is 8.32. The average Bonchev–Trinajstić information content (AvgIpc) is 3.64. The molecule has 2 aromatic rings. The maximum absolute atomic E-state index is 14.3. The fourth-order valence-electron chi connectivity index (χ4n) is 7.97. The second kappa shape index (κ2) is 8.89. The topological polar surface area (TPSA) is 118 Å². The first-order valence-electron chi connectivity index (χ1n) is 14.9. The number of ether oxygens (including phenoxy) is 1. The lowest BCUT2D eigenvalue weighted by Crippen LogP contribution is -2.72. The number of amides is 3. The number of carbonyl (C=O) groups excluding carboxylic acids is 3. The average molecular weight is 562 g/mol. The van der Waals surface area contributed by atoms with Crippen molar-refractivity contribution >= 4 is 34.2 Å². The first kappa shape index (κ1) is 26.7. The number of hydrogen-bond donors (Lipinski definition) is 3. The van der Waals surface area contributed by atoms with E-state index in [4.69, 9.17) is 4.74 Å². The lowest BCUT2D eigenvalue weighted by atomic mass is 9.79. The number of nitrogens with zero attached hydrogens (tertiary/aromatic N) is 3. The van der Waals surface area contributed by atoms with Crippen LogP contribution in [0, 0.1) is 17.8 Å². The monoisotopic (exact) mass is 561 g/mol. The Bertz CT molecular complexity index is 1500. The van der Waals surface area contributed by atoms with Crippen molar-refractivity contribution in [3.8, 4) is 0 Å². The van der Waals surface area contributed by atoms with Gasteiger partial charge in [0.1, 0.15) is 12.1 Å². The number of nitrogens with one attached hydrogen (secondary N) is 2. The molecular weight excluding hydrogens is 522 g/mol. The van der Waals surface area contributed by atoms with E-state index in [2.05, 4.69) is 33.5 Å². The lowest BCUT2D eigenvalue weighted by Gasteiger charge is -2.49. The third kappa shape index (κ3) is 3.50. The van der Waals surface area contributed by atoms with Gasteiger partial charge in [-0.25, -0.2) is 0 Å². The quantitative estimate of drug-likeness (QED) is 0.526. The molecule has 3 fully saturated rings. The fraction of sp³-hybridized carbons (Fsp3) is 0.581. The van der Waals surface area contributed by atoms with Gasteiger partial charge in [-0.2, -0.15) is 0 Å². The number of fused-ring (bicyclic) bond motifs is 5. The van der Waals surface area contributed by atoms with Crippen LogP contribution in [0.25, 0.3) is 16.5 Å². The predicted octanol–water partition coefficient (Wildman–Crippen LogP) is 2.04. The zero-order valence-corrected chi connectivity index (χ0v) is 24.3. The second-order valence-corrected chi connectivity index (χ2v) is 13.1. The van der Waals surface area contributed by atoms with Crippen molar-refractivity contribution in [2.75, 3.05) is 20.1 Å². The van der Waals surface area contributed by atoms with Crippen molar-refractivity contribution in [1.29, 1.82) is 0 Å². The molecular formula is C31H39N5O5. The van der Waals surface area contributed by atoms with Gasteiger partial charge in [-0.1, -0.05) is 45.9 Å². The van der Waals surface area contributed by atoms with Crippen LogP contribution in [0.1, 0.15) is 51.7 Å². The van der Waals surface area contributed by atoms with E-state index in [1.807, 2.05) is 33.0 Å². The van der Waals surface area contributed by atoms with E-state index in [9.17, 15) is 19.5 Å². The second-order valence-electron chi connectivity index (χ2n) is 13.1. The summed E-state index contributed by atoms with van der Waals surface area (Å²) in [5.41, 5.74) is 2.78. The minimum atomic E-state index is -2.01. The van der Waals surface area contributed by atoms with E-state index >= 15 is 0 Å². The van der Waals surface area contributed by atoms with Crippen LogP contribution in [-0.2, 0) is 25.5 Å². The van der Waals surface area contributed by atoms with Gasteiger partial charge in [0, 0.05) is 42.1 Å². The van der Waals surface area contributed by atoms with Gasteiger partial charge in [-0.05, 0) is 55.0 Å². The summed E-state index contributed by atoms with van der Waals surface area (Å²) in [7, 11) is 2.03. The number of aromatic nitrogens is 1. The van der Waals surface area contributed by atoms with E-state index in [0.717, 1.165) is 23.1 Å². The van der Waals surface area contributed by atoms with Crippen LogP contribution >= 0.6 is 0 Å². The Morgan fingerprint density at radius 2 is 2.00 bits per heavy atom. The number of benzene rings is 1. The summed E-state index contributed by atoms with van der Waals surface area (Å²) in [6.07, 6.45) is 6.21. The van der Waals surface area contributed by atoms with Gasteiger partial charge < -0.3 is 20.3 Å². The summed E-state index contributed by atoms with van der Waals surface area (Å²) in [4.78, 5) is 50.4. The Morgan fingerprint density at radius 1 is 1.22 bits per heavy atom. The largest absolute Gasteiger partial charge is 0.361 e. The number of likely N-dealkylation sites (N-methyl/N-ethyl adjacent to an activating group) is 1. The molecule has 41 heavy (non-hydrogen) atoms. The molecule has 4 aliphatic heterocycles. The Balaban J connectivity index is 1.25. The zero-order chi connectivity index (χ0) is 29.0. The molecule has 0 saturated carbocycles. The maximum atomic E-state index is 14.3. The summed E-state index contributed by atoms with van der Waals surface area (Å²) >= 11 is 0. The molecule has 0 unspecified atom stereocenters. The highest BCUT2D eigenvalue weighted by Gasteiger charge is 2.72. The maximum Gasteiger partial charge on any atom is 0.281 e. The molecule has 10 nitrogen and oxygen atoms in total. The van der Waals surface area contributed by atoms with Crippen molar-refractivity contribution in [2.45, 2.75) is 76.7 Å². The smallest absolute Gasteiger partial charge is 0.281 e. The Morgan fingerprint density at radius 3 is 2.73 bits per heavy atom. The van der Waals surface area contributed by atoms with Crippen molar-refractivity contribution < 1.29 is 24.2 Å². The van der Waals surface area contributed by atoms with Crippen LogP contribution in [0.4, 0.5) is 0 Å². The van der Waals surface area contributed by atoms with E-state index in [0.29, 0.717) is 25.9 Å². The molecule has 0 spiro atoms. The normalized spacial score (nSPS) is 34.8. The standard InChI is InChI=1S/C31H39N5O5/c1-16(2)26-28(38)35-11-7-10-24(35)31(40)36(26)29(39)30(41-31,17(3)4)33-27(37)19-12-21-20-8-6-9-22-25(20)18(14-32-22)13-23(21)34(5)15-19/h6,8-9,12,14,16-17,19,23-24,26,32,40H,7,10-11,13,15H2,1-5H3,(H,33,37)/t19-,23-,24+,26+,30-,31-/m1/s1. The SMILES string of the molecule is CC(C)[C@H]1C(=O)N2CCC[C@H]2[C@@]2(O)O[C@](NC(=O)[C@@H]3C=C4c5cccc6[nH]cc(c56)C[C@H]4N(C)C3)(C(C)C)C(=O)N12. The summed E-state index contributed by atoms with van der Waals surface area (Å²) in [6, 6.07) is 4.80. The zero-order valence-electron chi connectivity index (χ0n) is 24.3. The van der Waals surface area contributed by atoms with Crippen LogP contribution in [0.5, 0.6) is 0 Å². The highest BCUT2D eigenvalue weighted by molar-refractivity contribution is 6.01. The van der Waals surface area contributed by atoms with Gasteiger partial charge in [-0.15, -0.1) is 0 Å². The molecule has 6 atom stereocenters. The number of carbonyl (C=O) groups is 3. The number of hydrogen-bond acceptors (Lipinski definition) is 6. The number of rotatable bonds is 4. The van der Waals surface area contributed by atoms with Crippen LogP contribution in [0.15, 0.2) is 30.5 Å². The van der Waals surface area contributed by atoms with Gasteiger partial charge in [0.25, 0.3) is 11.8 Å². The molecule has 1 aromatic heterocycles. The van der Waals surface area contributed by atoms with Gasteiger partial charge in [0.2, 0.25) is 17.5 Å². The molecule has 1 aromatic carbocycles. The van der Waals surface area contributed by atoms with Crippen molar-refractivity contribution in [1.82, 2.24) is 25.0 Å². The summed E-state index contributed by atoms with van der Waals surface area (Å²) < 4.78 is 6.40. The van der Waals surface area contributed by atoms with Gasteiger partial charge in [0.15, 0.2) is 0 Å². The molecule has 5 heterocycles. The lowest BCUT2D eigenvalue weighted by molar-refractivity contribution is -0.323. The van der Waals surface area contributed by atoms with Gasteiger partial charge in [0.05, 0.1) is 5.92 Å². The van der Waals surface area contributed by atoms with Crippen molar-refractivity contribution in [2.24, 2.45) is 17.8 Å². The molecule has 5 aliphatic rings. The first-order chi connectivity index (χ1) is 19.5. The number of piperazine rings is 1. The molecule has 218 valence electrons. The summed E-state index contributed by atoms with van der Waals surface area (Å²) in [5, 5.41) is 16.2. The number of aromatic amines is 1. The Labute approximate surface area is 239 Å². The van der Waals surface area contributed by atoms with Crippen LogP contribution in [0.2, 0.25) is 0 Å². The minimum absolute atomic E-state index is 0.150. The number of H-pyrrole nitrogens is 1. The molecule has 7 rings (SSSR count). The van der Waals surface area contributed by atoms with Crippen molar-refractivity contribution in [3.05, 3.63) is 41.6 Å². The van der Waals surface area contributed by atoms with E-state index < -0.39 is 41.5 Å². The molecule has 0 bridgehead atoms. The van der Waals surface area contributed by atoms with Gasteiger partial charge >= 0.3 is 0 Å². The van der Waals surface area contributed by atoms with Crippen LogP contribution in [0.3, 0.4) is 0 Å². The van der Waals surface area contributed by atoms with Gasteiger partial charge in [-0.3, -0.25) is 28.9 Å². The third-order valence-corrected chi connectivity index (χ3v) is 10.1. The highest BCUT2D eigenvalue weighted by atomic mass is 16.7. The molecule has 10 heteroatoms. The van der Waals surface area contributed by atoms with Crippen LogP contribution in [-0.4, -0.2) is 92.4 Å². The molecule has 1 aliphatic carbocycles. The minimum Gasteiger partial charge on any atom is -0.361 e. The highest BCUT2D eigenvalue weighted by Crippen LogP contribution is 2.49. The van der Waals surface area contributed by atoms with E-state index in [-0.39, 0.29) is 23.8 Å². The van der Waals surface area contributed by atoms with Crippen molar-refractivity contribution in [3.63, 3.8) is 0 Å². The third-order valence-electron chi connectivity index (χ3n) is 10.1. The predicted molar refractivity (Wildman–Crippen MR) is 152 cm³/mol. The summed E-state index contributed by atoms with van der Waals surface area (Å²) in [5.74, 6) is -4.36. The number of aliphatic hydroxyl groups is 1. The van der Waals surface area contributed by atoms with E-state index in [1.165, 1.54) is 15.8 Å². The Hall–Kier alpha value is -3.21. The van der Waals surface area contributed by atoms with Crippen LogP contribution < -0.4 is 5.32 Å². The molecule has 3 N–H and O–H groups in total. The van der Waals surface area contributed by atoms with E-state index in [1.54, 1.807) is 18.7 Å². The fourth-order valence-corrected chi connectivity index (χ4v) is 7.97. The molecule has 0 radical (unpaired) electrons. The molecule has 3 saturated heterocycles. The molecule has 3 amide bonds. The Kier molecular flexibility index (Phi) is 5.79.